The molecule has 18 heavy (non-hydrogen) atoms. The van der Waals surface area contributed by atoms with Gasteiger partial charge in [0.1, 0.15) is 5.03 Å². The molecule has 1 aromatic carbocycles. The Morgan fingerprint density at radius 2 is 1.83 bits per heavy atom. The molecule has 4 heteroatoms. The molecule has 90 valence electrons. The number of aryl methyl sites for hydroxylation is 1. The van der Waals surface area contributed by atoms with Crippen molar-refractivity contribution in [2.24, 2.45) is 0 Å². The van der Waals surface area contributed by atoms with Crippen molar-refractivity contribution < 1.29 is 0 Å². The minimum Gasteiger partial charge on any atom is -0.227 e. The zero-order valence-corrected chi connectivity index (χ0v) is 11.1. The van der Waals surface area contributed by atoms with Crippen LogP contribution >= 0.6 is 11.8 Å². The molecule has 2 aromatic heterocycles. The fourth-order valence-electron chi connectivity index (χ4n) is 1.84. The number of nitrogens with zero attached hydrogens (tertiary/aromatic N) is 3. The summed E-state index contributed by atoms with van der Waals surface area (Å²) in [5.41, 5.74) is 4.21. The van der Waals surface area contributed by atoms with Gasteiger partial charge in [-0.2, -0.15) is 5.10 Å². The molecule has 0 amide bonds. The first-order valence-electron chi connectivity index (χ1n) is 5.74. The molecule has 0 fully saturated rings. The lowest BCUT2D eigenvalue weighted by atomic mass is 10.1. The maximum Gasteiger partial charge on any atom is 0.154 e. The molecule has 0 saturated carbocycles. The van der Waals surface area contributed by atoms with Crippen LogP contribution in [0.3, 0.4) is 0 Å². The average molecular weight is 255 g/mol. The third kappa shape index (κ3) is 1.99. The van der Waals surface area contributed by atoms with E-state index in [0.717, 1.165) is 21.9 Å². The van der Waals surface area contributed by atoms with Crippen molar-refractivity contribution in [3.05, 3.63) is 48.2 Å². The largest absolute Gasteiger partial charge is 0.227 e. The minimum atomic E-state index is 0.878. The normalized spacial score (nSPS) is 11.0. The van der Waals surface area contributed by atoms with Gasteiger partial charge in [-0.1, -0.05) is 29.8 Å². The van der Waals surface area contributed by atoms with E-state index in [1.54, 1.807) is 11.8 Å². The molecule has 0 aliphatic carbocycles. The molecule has 0 bridgehead atoms. The molecular weight excluding hydrogens is 242 g/mol. The molecule has 0 radical (unpaired) electrons. The van der Waals surface area contributed by atoms with Gasteiger partial charge in [-0.05, 0) is 25.3 Å². The third-order valence-corrected chi connectivity index (χ3v) is 3.49. The zero-order chi connectivity index (χ0) is 12.5. The predicted octanol–water partition coefficient (Wildman–Crippen LogP) is 3.43. The van der Waals surface area contributed by atoms with Gasteiger partial charge in [-0.15, -0.1) is 11.8 Å². The lowest BCUT2D eigenvalue weighted by Gasteiger charge is -1.96. The Balaban J connectivity index is 2.10. The van der Waals surface area contributed by atoms with Gasteiger partial charge in [0, 0.05) is 5.56 Å². The topological polar surface area (TPSA) is 30.2 Å². The van der Waals surface area contributed by atoms with Crippen LogP contribution in [-0.2, 0) is 0 Å². The van der Waals surface area contributed by atoms with Crippen molar-refractivity contribution in [2.45, 2.75) is 11.9 Å². The molecule has 0 saturated heterocycles. The van der Waals surface area contributed by atoms with E-state index in [0.29, 0.717) is 0 Å². The van der Waals surface area contributed by atoms with Gasteiger partial charge >= 0.3 is 0 Å². The van der Waals surface area contributed by atoms with E-state index in [2.05, 4.69) is 41.3 Å². The number of fused-ring (bicyclic) bond motifs is 1. The van der Waals surface area contributed by atoms with E-state index in [1.807, 2.05) is 29.1 Å². The SMILES string of the molecule is CSc1ccc2nc(-c3ccc(C)cc3)cn2n1. The Morgan fingerprint density at radius 1 is 1.06 bits per heavy atom. The predicted molar refractivity (Wildman–Crippen MR) is 74.9 cm³/mol. The Hall–Kier alpha value is -1.81. The maximum atomic E-state index is 4.58. The minimum absolute atomic E-state index is 0.878. The van der Waals surface area contributed by atoms with Crippen LogP contribution in [0.15, 0.2) is 47.6 Å². The van der Waals surface area contributed by atoms with Crippen LogP contribution in [0, 0.1) is 6.92 Å². The maximum absolute atomic E-state index is 4.58. The summed E-state index contributed by atoms with van der Waals surface area (Å²) in [6, 6.07) is 12.4. The van der Waals surface area contributed by atoms with Crippen LogP contribution in [0.1, 0.15) is 5.56 Å². The van der Waals surface area contributed by atoms with E-state index in [-0.39, 0.29) is 0 Å². The monoisotopic (exact) mass is 255 g/mol. The number of imidazole rings is 1. The average Bonchev–Trinajstić information content (AvgIpc) is 2.82. The second-order valence-corrected chi connectivity index (χ2v) is 5.00. The van der Waals surface area contributed by atoms with Crippen LogP contribution in [0.5, 0.6) is 0 Å². The first kappa shape index (κ1) is 11.3. The van der Waals surface area contributed by atoms with Crippen molar-refractivity contribution in [3.8, 4) is 11.3 Å². The number of benzene rings is 1. The van der Waals surface area contributed by atoms with Gasteiger partial charge in [0.25, 0.3) is 0 Å². The number of thioether (sulfide) groups is 1. The van der Waals surface area contributed by atoms with Gasteiger partial charge in [0.15, 0.2) is 5.65 Å². The third-order valence-electron chi connectivity index (χ3n) is 2.85. The van der Waals surface area contributed by atoms with Crippen LogP contribution in [0.4, 0.5) is 0 Å². The van der Waals surface area contributed by atoms with Crippen molar-refractivity contribution in [2.75, 3.05) is 6.26 Å². The van der Waals surface area contributed by atoms with Crippen LogP contribution in [0.25, 0.3) is 16.9 Å². The fraction of sp³-hybridized carbons (Fsp3) is 0.143. The lowest BCUT2D eigenvalue weighted by Crippen LogP contribution is -1.90. The van der Waals surface area contributed by atoms with Crippen molar-refractivity contribution >= 4 is 17.4 Å². The second kappa shape index (κ2) is 4.46. The highest BCUT2D eigenvalue weighted by atomic mass is 32.2. The Morgan fingerprint density at radius 3 is 2.56 bits per heavy atom. The van der Waals surface area contributed by atoms with Gasteiger partial charge in [0.2, 0.25) is 0 Å². The van der Waals surface area contributed by atoms with E-state index < -0.39 is 0 Å². The highest BCUT2D eigenvalue weighted by molar-refractivity contribution is 7.98. The summed E-state index contributed by atoms with van der Waals surface area (Å²) >= 11 is 1.63. The molecule has 3 aromatic rings. The van der Waals surface area contributed by atoms with Gasteiger partial charge in [0.05, 0.1) is 11.9 Å². The number of hydrogen-bond acceptors (Lipinski definition) is 3. The van der Waals surface area contributed by atoms with E-state index in [1.165, 1.54) is 5.56 Å². The van der Waals surface area contributed by atoms with Gasteiger partial charge < -0.3 is 0 Å². The zero-order valence-electron chi connectivity index (χ0n) is 10.3. The Bertz CT molecular complexity index is 686. The van der Waals surface area contributed by atoms with Crippen molar-refractivity contribution in [1.29, 1.82) is 0 Å². The van der Waals surface area contributed by atoms with Crippen LogP contribution in [-0.4, -0.2) is 20.9 Å². The summed E-state index contributed by atoms with van der Waals surface area (Å²) < 4.78 is 1.83. The summed E-state index contributed by atoms with van der Waals surface area (Å²) in [5.74, 6) is 0. The highest BCUT2D eigenvalue weighted by Crippen LogP contribution is 2.20. The first-order valence-corrected chi connectivity index (χ1v) is 6.96. The molecule has 0 spiro atoms. The highest BCUT2D eigenvalue weighted by Gasteiger charge is 2.05. The van der Waals surface area contributed by atoms with Crippen LogP contribution < -0.4 is 0 Å². The summed E-state index contributed by atoms with van der Waals surface area (Å²) in [4.78, 5) is 4.58. The molecule has 0 aliphatic rings. The molecule has 0 atom stereocenters. The molecule has 0 unspecified atom stereocenters. The first-order chi connectivity index (χ1) is 8.76. The molecule has 3 rings (SSSR count). The number of aromatic nitrogens is 3. The van der Waals surface area contributed by atoms with Gasteiger partial charge in [-0.3, -0.25) is 0 Å². The molecule has 2 heterocycles. The van der Waals surface area contributed by atoms with E-state index >= 15 is 0 Å². The number of hydrogen-bond donors (Lipinski definition) is 0. The Labute approximate surface area is 110 Å². The summed E-state index contributed by atoms with van der Waals surface area (Å²) in [6.45, 7) is 2.08. The standard InChI is InChI=1S/C14H13N3S/c1-10-3-5-11(6-4-10)12-9-17-13(15-12)7-8-14(16-17)18-2/h3-9H,1-2H3. The lowest BCUT2D eigenvalue weighted by molar-refractivity contribution is 0.860. The smallest absolute Gasteiger partial charge is 0.154 e. The van der Waals surface area contributed by atoms with E-state index in [4.69, 9.17) is 0 Å². The molecule has 0 N–H and O–H groups in total. The molecule has 0 aliphatic heterocycles. The van der Waals surface area contributed by atoms with Gasteiger partial charge in [-0.25, -0.2) is 9.50 Å². The van der Waals surface area contributed by atoms with Crippen molar-refractivity contribution in [1.82, 2.24) is 14.6 Å². The second-order valence-electron chi connectivity index (χ2n) is 4.17. The summed E-state index contributed by atoms with van der Waals surface area (Å²) in [7, 11) is 0. The quantitative estimate of drug-likeness (QED) is 0.657. The summed E-state index contributed by atoms with van der Waals surface area (Å²) in [5, 5.41) is 5.47. The molecule has 3 nitrogen and oxygen atoms in total. The van der Waals surface area contributed by atoms with E-state index in [9.17, 15) is 0 Å². The van der Waals surface area contributed by atoms with Crippen molar-refractivity contribution in [3.63, 3.8) is 0 Å². The summed E-state index contributed by atoms with van der Waals surface area (Å²) in [6.07, 6.45) is 3.99. The Kier molecular flexibility index (Phi) is 2.80. The molecular formula is C14H13N3S. The van der Waals surface area contributed by atoms with Crippen LogP contribution in [0.2, 0.25) is 0 Å². The fourth-order valence-corrected chi connectivity index (χ4v) is 2.21. The number of rotatable bonds is 2.